The van der Waals surface area contributed by atoms with Gasteiger partial charge in [0, 0.05) is 9.86 Å². The van der Waals surface area contributed by atoms with Crippen molar-refractivity contribution < 1.29 is 4.79 Å². The van der Waals surface area contributed by atoms with Crippen LogP contribution in [-0.4, -0.2) is 21.6 Å². The van der Waals surface area contributed by atoms with Gasteiger partial charge in [-0.1, -0.05) is 42.1 Å². The number of rotatable bonds is 4. The van der Waals surface area contributed by atoms with Gasteiger partial charge in [0.15, 0.2) is 0 Å². The number of anilines is 1. The third-order valence-electron chi connectivity index (χ3n) is 3.17. The number of nitrogens with one attached hydrogen (secondary N) is 1. The van der Waals surface area contributed by atoms with Crippen LogP contribution in [0.3, 0.4) is 0 Å². The zero-order chi connectivity index (χ0) is 16.2. The second-order valence-corrected chi connectivity index (χ2v) is 6.73. The summed E-state index contributed by atoms with van der Waals surface area (Å²) in [6.45, 7) is 1.86. The predicted octanol–water partition coefficient (Wildman–Crippen LogP) is 4.43. The molecule has 116 valence electrons. The fraction of sp³-hybridized carbons (Fsp3) is 0.118. The van der Waals surface area contributed by atoms with Crippen molar-refractivity contribution >= 4 is 50.2 Å². The lowest BCUT2D eigenvalue weighted by Gasteiger charge is -2.08. The zero-order valence-corrected chi connectivity index (χ0v) is 14.8. The molecule has 0 fully saturated rings. The van der Waals surface area contributed by atoms with Gasteiger partial charge in [-0.2, -0.15) is 0 Å². The average molecular weight is 388 g/mol. The molecule has 0 spiro atoms. The largest absolute Gasteiger partial charge is 0.324 e. The SMILES string of the molecule is Cc1nc(SCC(=O)Nc2ccccc2Br)c2ccccc2n1. The van der Waals surface area contributed by atoms with Gasteiger partial charge in [-0.25, -0.2) is 9.97 Å². The molecule has 1 amide bonds. The summed E-state index contributed by atoms with van der Waals surface area (Å²) in [6, 6.07) is 15.4. The number of hydrogen-bond acceptors (Lipinski definition) is 4. The van der Waals surface area contributed by atoms with Crippen LogP contribution in [0.15, 0.2) is 58.0 Å². The lowest BCUT2D eigenvalue weighted by atomic mass is 10.2. The van der Waals surface area contributed by atoms with Crippen LogP contribution in [0.2, 0.25) is 0 Å². The number of aryl methyl sites for hydroxylation is 1. The number of para-hydroxylation sites is 2. The van der Waals surface area contributed by atoms with Gasteiger partial charge in [-0.3, -0.25) is 4.79 Å². The number of benzene rings is 2. The molecule has 0 aliphatic heterocycles. The molecule has 1 aromatic heterocycles. The molecule has 0 saturated carbocycles. The number of nitrogens with zero attached hydrogens (tertiary/aromatic N) is 2. The minimum absolute atomic E-state index is 0.0674. The van der Waals surface area contributed by atoms with Gasteiger partial charge in [0.2, 0.25) is 5.91 Å². The first-order valence-electron chi connectivity index (χ1n) is 7.04. The Morgan fingerprint density at radius 3 is 2.70 bits per heavy atom. The molecule has 4 nitrogen and oxygen atoms in total. The van der Waals surface area contributed by atoms with Gasteiger partial charge >= 0.3 is 0 Å². The summed E-state index contributed by atoms with van der Waals surface area (Å²) >= 11 is 4.84. The van der Waals surface area contributed by atoms with E-state index in [1.54, 1.807) is 0 Å². The molecule has 3 aromatic rings. The molecule has 1 heterocycles. The topological polar surface area (TPSA) is 54.9 Å². The highest BCUT2D eigenvalue weighted by atomic mass is 79.9. The Kier molecular flexibility index (Phi) is 4.93. The quantitative estimate of drug-likeness (QED) is 0.531. The Morgan fingerprint density at radius 2 is 1.87 bits per heavy atom. The van der Waals surface area contributed by atoms with Crippen molar-refractivity contribution in [2.24, 2.45) is 0 Å². The third kappa shape index (κ3) is 3.89. The van der Waals surface area contributed by atoms with Crippen molar-refractivity contribution in [2.75, 3.05) is 11.1 Å². The number of thioether (sulfide) groups is 1. The lowest BCUT2D eigenvalue weighted by Crippen LogP contribution is -2.14. The van der Waals surface area contributed by atoms with Crippen molar-refractivity contribution in [2.45, 2.75) is 11.9 Å². The number of carbonyl (C=O) groups is 1. The second-order valence-electron chi connectivity index (χ2n) is 4.91. The fourth-order valence-electron chi connectivity index (χ4n) is 2.15. The molecule has 0 aliphatic rings. The number of hydrogen-bond donors (Lipinski definition) is 1. The summed E-state index contributed by atoms with van der Waals surface area (Å²) in [5.41, 5.74) is 1.66. The normalized spacial score (nSPS) is 10.7. The van der Waals surface area contributed by atoms with E-state index in [1.807, 2.05) is 55.5 Å². The summed E-state index contributed by atoms with van der Waals surface area (Å²) in [7, 11) is 0. The Labute approximate surface area is 146 Å². The van der Waals surface area contributed by atoms with Crippen molar-refractivity contribution in [3.8, 4) is 0 Å². The molecule has 1 N–H and O–H groups in total. The van der Waals surface area contributed by atoms with Crippen LogP contribution in [-0.2, 0) is 4.79 Å². The van der Waals surface area contributed by atoms with E-state index in [0.717, 1.165) is 26.1 Å². The van der Waals surface area contributed by atoms with Crippen LogP contribution in [0.5, 0.6) is 0 Å². The lowest BCUT2D eigenvalue weighted by molar-refractivity contribution is -0.113. The van der Waals surface area contributed by atoms with Gasteiger partial charge in [0.05, 0.1) is 17.0 Å². The number of fused-ring (bicyclic) bond motifs is 1. The third-order valence-corrected chi connectivity index (χ3v) is 4.85. The maximum Gasteiger partial charge on any atom is 0.234 e. The fourth-order valence-corrected chi connectivity index (χ4v) is 3.40. The van der Waals surface area contributed by atoms with Crippen LogP contribution in [0, 0.1) is 6.92 Å². The Balaban J connectivity index is 1.73. The first-order chi connectivity index (χ1) is 11.1. The summed E-state index contributed by atoms with van der Waals surface area (Å²) in [5, 5.41) is 4.69. The van der Waals surface area contributed by atoms with Crippen molar-refractivity contribution in [3.63, 3.8) is 0 Å². The van der Waals surface area contributed by atoms with E-state index in [9.17, 15) is 4.79 Å². The first kappa shape index (κ1) is 16.0. The zero-order valence-electron chi connectivity index (χ0n) is 12.4. The van der Waals surface area contributed by atoms with Crippen molar-refractivity contribution in [1.29, 1.82) is 0 Å². The highest BCUT2D eigenvalue weighted by Gasteiger charge is 2.10. The molecule has 0 atom stereocenters. The molecule has 23 heavy (non-hydrogen) atoms. The summed E-state index contributed by atoms with van der Waals surface area (Å²) in [4.78, 5) is 21.0. The van der Waals surface area contributed by atoms with E-state index in [2.05, 4.69) is 31.2 Å². The van der Waals surface area contributed by atoms with E-state index < -0.39 is 0 Å². The van der Waals surface area contributed by atoms with Crippen LogP contribution in [0.4, 0.5) is 5.69 Å². The molecule has 0 radical (unpaired) electrons. The Morgan fingerprint density at radius 1 is 1.13 bits per heavy atom. The second kappa shape index (κ2) is 7.10. The first-order valence-corrected chi connectivity index (χ1v) is 8.82. The minimum Gasteiger partial charge on any atom is -0.324 e. The van der Waals surface area contributed by atoms with Crippen molar-refractivity contribution in [3.05, 3.63) is 58.8 Å². The standard InChI is InChI=1S/C17H14BrN3OS/c1-11-19-14-8-4-2-6-12(14)17(20-11)23-10-16(22)21-15-9-5-3-7-13(15)18/h2-9H,10H2,1H3,(H,21,22). The Hall–Kier alpha value is -1.92. The maximum atomic E-state index is 12.2. The minimum atomic E-state index is -0.0674. The molecule has 0 aliphatic carbocycles. The summed E-state index contributed by atoms with van der Waals surface area (Å²) in [5.74, 6) is 0.932. The van der Waals surface area contributed by atoms with E-state index in [0.29, 0.717) is 11.6 Å². The van der Waals surface area contributed by atoms with Gasteiger partial charge in [0.1, 0.15) is 10.9 Å². The Bertz CT molecular complexity index is 869. The smallest absolute Gasteiger partial charge is 0.234 e. The summed E-state index contributed by atoms with van der Waals surface area (Å²) in [6.07, 6.45) is 0. The number of halogens is 1. The number of carbonyl (C=O) groups excluding carboxylic acids is 1. The van der Waals surface area contributed by atoms with Crippen LogP contribution < -0.4 is 5.32 Å². The average Bonchev–Trinajstić information content (AvgIpc) is 2.54. The summed E-state index contributed by atoms with van der Waals surface area (Å²) < 4.78 is 0.863. The van der Waals surface area contributed by atoms with E-state index in [1.165, 1.54) is 11.8 Å². The van der Waals surface area contributed by atoms with E-state index in [-0.39, 0.29) is 5.91 Å². The van der Waals surface area contributed by atoms with Crippen LogP contribution in [0.1, 0.15) is 5.82 Å². The van der Waals surface area contributed by atoms with Gasteiger partial charge in [-0.15, -0.1) is 0 Å². The highest BCUT2D eigenvalue weighted by Crippen LogP contribution is 2.26. The van der Waals surface area contributed by atoms with Gasteiger partial charge in [0.25, 0.3) is 0 Å². The highest BCUT2D eigenvalue weighted by molar-refractivity contribution is 9.10. The molecule has 6 heteroatoms. The number of aromatic nitrogens is 2. The monoisotopic (exact) mass is 387 g/mol. The molecule has 3 rings (SSSR count). The molecule has 2 aromatic carbocycles. The molecular formula is C17H14BrN3OS. The predicted molar refractivity (Wildman–Crippen MR) is 97.8 cm³/mol. The van der Waals surface area contributed by atoms with Crippen LogP contribution >= 0.6 is 27.7 Å². The molecule has 0 bridgehead atoms. The molecule has 0 saturated heterocycles. The molecule has 0 unspecified atom stereocenters. The molecular weight excluding hydrogens is 374 g/mol. The number of amides is 1. The van der Waals surface area contributed by atoms with Gasteiger partial charge < -0.3 is 5.32 Å². The van der Waals surface area contributed by atoms with E-state index >= 15 is 0 Å². The maximum absolute atomic E-state index is 12.2. The van der Waals surface area contributed by atoms with Crippen LogP contribution in [0.25, 0.3) is 10.9 Å². The van der Waals surface area contributed by atoms with Gasteiger partial charge in [-0.05, 0) is 41.1 Å². The van der Waals surface area contributed by atoms with Crippen molar-refractivity contribution in [1.82, 2.24) is 9.97 Å². The van der Waals surface area contributed by atoms with E-state index in [4.69, 9.17) is 0 Å².